The standard InChI is InChI=1S/C24H28FN5O5S/c1-17(31)26-15-21-16-30(24(32)35-21)20-7-8-22(23(25)13-20)19-5-3-18(4-6-19)14-27-28-9-11-29(12-10-28)36(2,33)34/h3-8,13-14,21H,9-12,15-16H2,1-2H3,(H,26,31)/t21-/m0/s1. The van der Waals surface area contributed by atoms with Crippen LogP contribution in [-0.4, -0.2) is 87.6 Å². The molecule has 2 aromatic carbocycles. The molecule has 2 heterocycles. The maximum Gasteiger partial charge on any atom is 0.414 e. The van der Waals surface area contributed by atoms with E-state index in [0.717, 1.165) is 5.56 Å². The van der Waals surface area contributed by atoms with Gasteiger partial charge in [0.15, 0.2) is 0 Å². The number of halogens is 1. The van der Waals surface area contributed by atoms with Gasteiger partial charge in [0.1, 0.15) is 11.9 Å². The van der Waals surface area contributed by atoms with Crippen LogP contribution >= 0.6 is 0 Å². The summed E-state index contributed by atoms with van der Waals surface area (Å²) in [6.45, 7) is 3.62. The van der Waals surface area contributed by atoms with Crippen molar-refractivity contribution in [3.05, 3.63) is 53.8 Å². The summed E-state index contributed by atoms with van der Waals surface area (Å²) in [5, 5.41) is 8.85. The van der Waals surface area contributed by atoms with Crippen molar-refractivity contribution in [2.24, 2.45) is 5.10 Å². The lowest BCUT2D eigenvalue weighted by atomic mass is 10.0. The summed E-state index contributed by atoms with van der Waals surface area (Å²) in [5.41, 5.74) is 2.27. The zero-order valence-electron chi connectivity index (χ0n) is 20.1. The fraction of sp³-hybridized carbons (Fsp3) is 0.375. The third-order valence-electron chi connectivity index (χ3n) is 5.99. The molecular weight excluding hydrogens is 489 g/mol. The van der Waals surface area contributed by atoms with Crippen molar-refractivity contribution in [1.29, 1.82) is 0 Å². The Kier molecular flexibility index (Phi) is 7.55. The van der Waals surface area contributed by atoms with E-state index in [9.17, 15) is 22.4 Å². The number of rotatable bonds is 7. The number of ether oxygens (including phenoxy) is 1. The van der Waals surface area contributed by atoms with E-state index in [0.29, 0.717) is 43.0 Å². The van der Waals surface area contributed by atoms with E-state index in [2.05, 4.69) is 10.4 Å². The van der Waals surface area contributed by atoms with E-state index in [-0.39, 0.29) is 19.0 Å². The van der Waals surface area contributed by atoms with Crippen LogP contribution in [0.15, 0.2) is 47.6 Å². The smallest absolute Gasteiger partial charge is 0.414 e. The number of nitrogens with one attached hydrogen (secondary N) is 1. The predicted octanol–water partition coefficient (Wildman–Crippen LogP) is 1.87. The van der Waals surface area contributed by atoms with E-state index >= 15 is 0 Å². The van der Waals surface area contributed by atoms with Crippen LogP contribution in [0.4, 0.5) is 14.9 Å². The Labute approximate surface area is 209 Å². The zero-order valence-corrected chi connectivity index (χ0v) is 20.9. The molecule has 0 aromatic heterocycles. The number of nitrogens with zero attached hydrogens (tertiary/aromatic N) is 4. The van der Waals surface area contributed by atoms with Crippen molar-refractivity contribution >= 4 is 33.9 Å². The summed E-state index contributed by atoms with van der Waals surface area (Å²) in [7, 11) is -3.18. The molecule has 2 aliphatic heterocycles. The number of benzene rings is 2. The maximum absolute atomic E-state index is 15.0. The molecule has 2 aliphatic rings. The fourth-order valence-electron chi connectivity index (χ4n) is 4.02. The Balaban J connectivity index is 1.37. The molecule has 1 atom stereocenters. The van der Waals surface area contributed by atoms with Gasteiger partial charge >= 0.3 is 6.09 Å². The number of anilines is 1. The number of sulfonamides is 1. The minimum absolute atomic E-state index is 0.199. The number of piperazine rings is 1. The summed E-state index contributed by atoms with van der Waals surface area (Å²) in [6.07, 6.45) is 1.81. The maximum atomic E-state index is 15.0. The molecule has 0 bridgehead atoms. The zero-order chi connectivity index (χ0) is 25.9. The minimum atomic E-state index is -3.18. The number of amides is 2. The second-order valence-corrected chi connectivity index (χ2v) is 10.7. The number of hydrazone groups is 1. The molecule has 0 spiro atoms. The molecule has 2 amide bonds. The average Bonchev–Trinajstić information content (AvgIpc) is 3.22. The minimum Gasteiger partial charge on any atom is -0.442 e. The van der Waals surface area contributed by atoms with Gasteiger partial charge in [0.2, 0.25) is 15.9 Å². The second-order valence-electron chi connectivity index (χ2n) is 8.70. The highest BCUT2D eigenvalue weighted by Crippen LogP contribution is 2.29. The molecule has 192 valence electrons. The normalized spacial score (nSPS) is 19.1. The molecule has 0 saturated carbocycles. The Morgan fingerprint density at radius 3 is 2.47 bits per heavy atom. The highest BCUT2D eigenvalue weighted by molar-refractivity contribution is 7.88. The predicted molar refractivity (Wildman–Crippen MR) is 134 cm³/mol. The van der Waals surface area contributed by atoms with Crippen molar-refractivity contribution in [2.45, 2.75) is 13.0 Å². The van der Waals surface area contributed by atoms with E-state index in [4.69, 9.17) is 4.74 Å². The molecule has 10 nitrogen and oxygen atoms in total. The topological polar surface area (TPSA) is 112 Å². The van der Waals surface area contributed by atoms with E-state index in [1.807, 2.05) is 17.1 Å². The van der Waals surface area contributed by atoms with Crippen molar-refractivity contribution in [3.8, 4) is 11.1 Å². The van der Waals surface area contributed by atoms with Gasteiger partial charge in [-0.2, -0.15) is 9.41 Å². The molecule has 12 heteroatoms. The molecule has 0 aliphatic carbocycles. The molecule has 1 N–H and O–H groups in total. The van der Waals surface area contributed by atoms with Crippen LogP contribution in [-0.2, 0) is 19.6 Å². The van der Waals surface area contributed by atoms with Crippen LogP contribution in [0.2, 0.25) is 0 Å². The van der Waals surface area contributed by atoms with E-state index < -0.39 is 28.0 Å². The summed E-state index contributed by atoms with van der Waals surface area (Å²) >= 11 is 0. The van der Waals surface area contributed by atoms with Gasteiger partial charge < -0.3 is 10.1 Å². The van der Waals surface area contributed by atoms with Gasteiger partial charge in [-0.05, 0) is 29.3 Å². The Morgan fingerprint density at radius 2 is 1.86 bits per heavy atom. The second kappa shape index (κ2) is 10.6. The van der Waals surface area contributed by atoms with Crippen LogP contribution in [0, 0.1) is 5.82 Å². The first-order valence-corrected chi connectivity index (χ1v) is 13.3. The number of cyclic esters (lactones) is 1. The van der Waals surface area contributed by atoms with Gasteiger partial charge in [0.25, 0.3) is 0 Å². The Bertz CT molecular complexity index is 1260. The van der Waals surface area contributed by atoms with Gasteiger partial charge in [0, 0.05) is 38.7 Å². The van der Waals surface area contributed by atoms with Crippen LogP contribution < -0.4 is 10.2 Å². The van der Waals surface area contributed by atoms with E-state index in [1.165, 1.54) is 28.5 Å². The first-order chi connectivity index (χ1) is 17.1. The van der Waals surface area contributed by atoms with Crippen LogP contribution in [0.3, 0.4) is 0 Å². The highest BCUT2D eigenvalue weighted by atomic mass is 32.2. The summed E-state index contributed by atoms with van der Waals surface area (Å²) in [5.74, 6) is -0.694. The number of hydrogen-bond acceptors (Lipinski definition) is 7. The van der Waals surface area contributed by atoms with Crippen LogP contribution in [0.5, 0.6) is 0 Å². The quantitative estimate of drug-likeness (QED) is 0.562. The molecule has 36 heavy (non-hydrogen) atoms. The third kappa shape index (κ3) is 6.18. The lowest BCUT2D eigenvalue weighted by Gasteiger charge is -2.31. The number of carbonyl (C=O) groups excluding carboxylic acids is 2. The van der Waals surface area contributed by atoms with Gasteiger partial charge in [-0.25, -0.2) is 17.6 Å². The Morgan fingerprint density at radius 1 is 1.17 bits per heavy atom. The molecule has 2 saturated heterocycles. The number of carbonyl (C=O) groups is 2. The van der Waals surface area contributed by atoms with Crippen molar-refractivity contribution in [2.75, 3.05) is 50.4 Å². The molecule has 4 rings (SSSR count). The van der Waals surface area contributed by atoms with Crippen molar-refractivity contribution < 1.29 is 27.1 Å². The summed E-state index contributed by atoms with van der Waals surface area (Å²) in [4.78, 5) is 24.6. The van der Waals surface area contributed by atoms with Crippen LogP contribution in [0.25, 0.3) is 11.1 Å². The largest absolute Gasteiger partial charge is 0.442 e. The van der Waals surface area contributed by atoms with Gasteiger partial charge in [-0.15, -0.1) is 0 Å². The van der Waals surface area contributed by atoms with Gasteiger partial charge in [0.05, 0.1) is 31.2 Å². The average molecular weight is 518 g/mol. The van der Waals surface area contributed by atoms with Crippen molar-refractivity contribution in [1.82, 2.24) is 14.6 Å². The molecular formula is C24H28FN5O5S. The fourth-order valence-corrected chi connectivity index (χ4v) is 4.85. The lowest BCUT2D eigenvalue weighted by molar-refractivity contribution is -0.119. The highest BCUT2D eigenvalue weighted by Gasteiger charge is 2.32. The monoisotopic (exact) mass is 517 g/mol. The molecule has 2 fully saturated rings. The first-order valence-electron chi connectivity index (χ1n) is 11.5. The first kappa shape index (κ1) is 25.6. The van der Waals surface area contributed by atoms with Crippen LogP contribution in [0.1, 0.15) is 12.5 Å². The summed E-state index contributed by atoms with van der Waals surface area (Å²) in [6, 6.07) is 11.8. The molecule has 0 unspecified atom stereocenters. The molecule has 0 radical (unpaired) electrons. The van der Waals surface area contributed by atoms with Gasteiger partial charge in [-0.1, -0.05) is 24.3 Å². The lowest BCUT2D eigenvalue weighted by Crippen LogP contribution is -2.46. The SMILES string of the molecule is CC(=O)NC[C@H]1CN(c2ccc(-c3ccc(C=NN4CCN(S(C)(=O)=O)CC4)cc3)c(F)c2)C(=O)O1. The van der Waals surface area contributed by atoms with E-state index in [1.54, 1.807) is 30.5 Å². The van der Waals surface area contributed by atoms with Gasteiger partial charge in [-0.3, -0.25) is 14.7 Å². The molecule has 2 aromatic rings. The number of hydrogen-bond donors (Lipinski definition) is 1. The van der Waals surface area contributed by atoms with Crippen molar-refractivity contribution in [3.63, 3.8) is 0 Å². The summed E-state index contributed by atoms with van der Waals surface area (Å²) < 4.78 is 44.9. The Hall–Kier alpha value is -3.51. The third-order valence-corrected chi connectivity index (χ3v) is 7.30.